The molecule has 0 spiro atoms. The number of rotatable bonds is 4. The van der Waals surface area contributed by atoms with Crippen molar-refractivity contribution in [2.24, 2.45) is 5.73 Å². The van der Waals surface area contributed by atoms with Crippen LogP contribution in [-0.2, 0) is 12.8 Å². The Bertz CT molecular complexity index is 577. The third-order valence-electron chi connectivity index (χ3n) is 3.08. The topological polar surface area (TPSA) is 41.8 Å². The van der Waals surface area contributed by atoms with Crippen molar-refractivity contribution in [1.82, 2.24) is 4.98 Å². The van der Waals surface area contributed by atoms with Crippen LogP contribution in [0.1, 0.15) is 25.0 Å². The molecule has 0 unspecified atom stereocenters. The number of allylic oxidation sites excluding steroid dienone is 2. The maximum absolute atomic E-state index is 6.34. The van der Waals surface area contributed by atoms with E-state index in [1.807, 2.05) is 12.3 Å². The molecule has 1 heterocycles. The molecule has 0 radical (unpaired) electrons. The highest BCUT2D eigenvalue weighted by Gasteiger charge is 2.07. The smallest absolute Gasteiger partial charge is 0.0460 e. The largest absolute Gasteiger partial charge is 0.361 e. The molecule has 0 fully saturated rings. The van der Waals surface area contributed by atoms with E-state index in [2.05, 4.69) is 31.0 Å². The summed E-state index contributed by atoms with van der Waals surface area (Å²) in [5.74, 6) is 0. The number of hydrogen-bond donors (Lipinski definition) is 2. The quantitative estimate of drug-likeness (QED) is 0.808. The van der Waals surface area contributed by atoms with Crippen molar-refractivity contribution in [2.45, 2.75) is 26.7 Å². The molecule has 2 rings (SSSR count). The number of halogens is 1. The number of hydrogen-bond acceptors (Lipinski definition) is 1. The van der Waals surface area contributed by atoms with E-state index < -0.39 is 0 Å². The van der Waals surface area contributed by atoms with Crippen LogP contribution in [0.2, 0.25) is 5.02 Å². The summed E-state index contributed by atoms with van der Waals surface area (Å²) in [7, 11) is 0. The summed E-state index contributed by atoms with van der Waals surface area (Å²) in [6, 6.07) is 4.18. The van der Waals surface area contributed by atoms with Gasteiger partial charge in [0.05, 0.1) is 0 Å². The molecule has 2 nitrogen and oxygen atoms in total. The average Bonchev–Trinajstić information content (AvgIpc) is 2.69. The van der Waals surface area contributed by atoms with Crippen LogP contribution in [-0.4, -0.2) is 11.5 Å². The molecule has 3 N–H and O–H groups in total. The highest BCUT2D eigenvalue weighted by Crippen LogP contribution is 2.27. The predicted octanol–water partition coefficient (Wildman–Crippen LogP) is 3.83. The minimum absolute atomic E-state index is 0.657. The maximum Gasteiger partial charge on any atom is 0.0460 e. The van der Waals surface area contributed by atoms with Crippen LogP contribution in [0.4, 0.5) is 0 Å². The first-order valence-electron chi connectivity index (χ1n) is 6.23. The van der Waals surface area contributed by atoms with Gasteiger partial charge in [-0.25, -0.2) is 0 Å². The van der Waals surface area contributed by atoms with Gasteiger partial charge in [0.15, 0.2) is 0 Å². The number of aromatic amines is 1. The van der Waals surface area contributed by atoms with Crippen LogP contribution < -0.4 is 5.73 Å². The lowest BCUT2D eigenvalue weighted by Gasteiger charge is -2.04. The lowest BCUT2D eigenvalue weighted by Crippen LogP contribution is -2.01. The molecule has 2 aromatic rings. The van der Waals surface area contributed by atoms with Crippen LogP contribution in [0.3, 0.4) is 0 Å². The fraction of sp³-hybridized carbons (Fsp3) is 0.333. The number of nitrogens with one attached hydrogen (secondary N) is 1. The van der Waals surface area contributed by atoms with Gasteiger partial charge in [0.25, 0.3) is 0 Å². The summed E-state index contributed by atoms with van der Waals surface area (Å²) in [5, 5.41) is 2.02. The monoisotopic (exact) mass is 262 g/mol. The molecule has 0 saturated carbocycles. The molecular formula is C15H19ClN2. The lowest BCUT2D eigenvalue weighted by molar-refractivity contribution is 0.976. The van der Waals surface area contributed by atoms with Crippen molar-refractivity contribution in [1.29, 1.82) is 0 Å². The second-order valence-corrected chi connectivity index (χ2v) is 5.23. The summed E-state index contributed by atoms with van der Waals surface area (Å²) in [6.45, 7) is 4.85. The highest BCUT2D eigenvalue weighted by atomic mass is 35.5. The zero-order chi connectivity index (χ0) is 13.1. The molecule has 1 aromatic heterocycles. The summed E-state index contributed by atoms with van der Waals surface area (Å²) < 4.78 is 0. The van der Waals surface area contributed by atoms with Crippen LogP contribution in [0, 0.1) is 0 Å². The first-order valence-corrected chi connectivity index (χ1v) is 6.61. The molecule has 0 saturated heterocycles. The van der Waals surface area contributed by atoms with E-state index in [-0.39, 0.29) is 0 Å². The van der Waals surface area contributed by atoms with E-state index in [4.69, 9.17) is 17.3 Å². The third kappa shape index (κ3) is 2.77. The van der Waals surface area contributed by atoms with Crippen molar-refractivity contribution in [2.75, 3.05) is 6.54 Å². The summed E-state index contributed by atoms with van der Waals surface area (Å²) in [6.07, 6.45) is 5.97. The lowest BCUT2D eigenvalue weighted by atomic mass is 10.1. The Morgan fingerprint density at radius 1 is 1.33 bits per heavy atom. The SMILES string of the molecule is CC(C)=CCc1cc2[nH]cc(CCN)c2cc1Cl. The molecule has 0 atom stereocenters. The number of aromatic nitrogens is 1. The predicted molar refractivity (Wildman–Crippen MR) is 79.2 cm³/mol. The van der Waals surface area contributed by atoms with Crippen molar-refractivity contribution < 1.29 is 0 Å². The molecule has 1 aromatic carbocycles. The van der Waals surface area contributed by atoms with E-state index >= 15 is 0 Å². The Morgan fingerprint density at radius 3 is 2.78 bits per heavy atom. The molecular weight excluding hydrogens is 244 g/mol. The van der Waals surface area contributed by atoms with Gasteiger partial charge in [-0.1, -0.05) is 23.3 Å². The molecule has 0 aliphatic rings. The van der Waals surface area contributed by atoms with E-state index in [1.54, 1.807) is 0 Å². The van der Waals surface area contributed by atoms with Crippen molar-refractivity contribution in [3.05, 3.63) is 46.1 Å². The first-order chi connectivity index (χ1) is 8.61. The molecule has 96 valence electrons. The fourth-order valence-electron chi connectivity index (χ4n) is 2.08. The molecule has 18 heavy (non-hydrogen) atoms. The van der Waals surface area contributed by atoms with Gasteiger partial charge in [0, 0.05) is 22.1 Å². The molecule has 0 amide bonds. The fourth-order valence-corrected chi connectivity index (χ4v) is 2.32. The number of nitrogens with two attached hydrogens (primary N) is 1. The summed E-state index contributed by atoms with van der Waals surface area (Å²) >= 11 is 6.34. The molecule has 0 bridgehead atoms. The van der Waals surface area contributed by atoms with Gasteiger partial charge in [0.2, 0.25) is 0 Å². The molecule has 3 heteroatoms. The van der Waals surface area contributed by atoms with Gasteiger partial charge in [0.1, 0.15) is 0 Å². The zero-order valence-electron chi connectivity index (χ0n) is 10.9. The van der Waals surface area contributed by atoms with Crippen molar-refractivity contribution in [3.8, 4) is 0 Å². The standard InChI is InChI=1S/C15H19ClN2/c1-10(2)3-4-11-7-15-13(8-14(11)16)12(5-6-17)9-18-15/h3,7-9,18H,4-6,17H2,1-2H3. The van der Waals surface area contributed by atoms with Crippen molar-refractivity contribution >= 4 is 22.5 Å². The normalized spacial score (nSPS) is 10.9. The first kappa shape index (κ1) is 13.2. The second kappa shape index (κ2) is 5.59. The van der Waals surface area contributed by atoms with Crippen molar-refractivity contribution in [3.63, 3.8) is 0 Å². The number of benzene rings is 1. The van der Waals surface area contributed by atoms with Crippen LogP contribution >= 0.6 is 11.6 Å². The Morgan fingerprint density at radius 2 is 2.11 bits per heavy atom. The minimum atomic E-state index is 0.657. The van der Waals surface area contributed by atoms with Crippen LogP contribution in [0.5, 0.6) is 0 Å². The van der Waals surface area contributed by atoms with Crippen LogP contribution in [0.15, 0.2) is 30.0 Å². The second-order valence-electron chi connectivity index (χ2n) is 4.83. The summed E-state index contributed by atoms with van der Waals surface area (Å²) in [4.78, 5) is 3.29. The van der Waals surface area contributed by atoms with E-state index in [1.165, 1.54) is 16.5 Å². The highest BCUT2D eigenvalue weighted by molar-refractivity contribution is 6.32. The van der Waals surface area contributed by atoms with Gasteiger partial charge in [-0.3, -0.25) is 0 Å². The van der Waals surface area contributed by atoms with Crippen LogP contribution in [0.25, 0.3) is 10.9 Å². The average molecular weight is 263 g/mol. The maximum atomic E-state index is 6.34. The number of fused-ring (bicyclic) bond motifs is 1. The van der Waals surface area contributed by atoms with Gasteiger partial charge in [-0.15, -0.1) is 0 Å². The zero-order valence-corrected chi connectivity index (χ0v) is 11.6. The Balaban J connectivity index is 2.41. The van der Waals surface area contributed by atoms with E-state index in [9.17, 15) is 0 Å². The van der Waals surface area contributed by atoms with Gasteiger partial charge < -0.3 is 10.7 Å². The van der Waals surface area contributed by atoms with Gasteiger partial charge >= 0.3 is 0 Å². The molecule has 0 aliphatic carbocycles. The Hall–Kier alpha value is -1.25. The minimum Gasteiger partial charge on any atom is -0.361 e. The van der Waals surface area contributed by atoms with Gasteiger partial charge in [-0.05, 0) is 56.5 Å². The van der Waals surface area contributed by atoms with E-state index in [0.717, 1.165) is 28.9 Å². The Kier molecular flexibility index (Phi) is 4.10. The Labute approximate surface area is 113 Å². The summed E-state index contributed by atoms with van der Waals surface area (Å²) in [5.41, 5.74) is 10.4. The van der Waals surface area contributed by atoms with E-state index in [0.29, 0.717) is 6.54 Å². The molecule has 0 aliphatic heterocycles. The number of H-pyrrole nitrogens is 1. The third-order valence-corrected chi connectivity index (χ3v) is 3.43. The van der Waals surface area contributed by atoms with Gasteiger partial charge in [-0.2, -0.15) is 0 Å².